The van der Waals surface area contributed by atoms with Crippen LogP contribution in [0.3, 0.4) is 0 Å². The molecule has 1 fully saturated rings. The minimum absolute atomic E-state index is 0.108. The van der Waals surface area contributed by atoms with Crippen molar-refractivity contribution < 1.29 is 0 Å². The second-order valence-corrected chi connectivity index (χ2v) is 6.64. The average Bonchev–Trinajstić information content (AvgIpc) is 2.61. The van der Waals surface area contributed by atoms with Crippen LogP contribution in [0.2, 0.25) is 5.02 Å². The van der Waals surface area contributed by atoms with Gasteiger partial charge < -0.3 is 10.6 Å². The molecule has 0 spiro atoms. The number of likely N-dealkylation sites (N-methyl/N-ethyl adjacent to an activating group) is 1. The van der Waals surface area contributed by atoms with E-state index in [1.54, 1.807) is 0 Å². The summed E-state index contributed by atoms with van der Waals surface area (Å²) < 4.78 is 0. The van der Waals surface area contributed by atoms with Crippen molar-refractivity contribution >= 4 is 11.6 Å². The van der Waals surface area contributed by atoms with Crippen molar-refractivity contribution in [1.29, 1.82) is 0 Å². The molecule has 3 rings (SSSR count). The van der Waals surface area contributed by atoms with Crippen LogP contribution in [-0.4, -0.2) is 18.1 Å². The molecule has 0 bridgehead atoms. The molecular weight excluding hydrogens is 306 g/mol. The first-order valence-corrected chi connectivity index (χ1v) is 8.70. The van der Waals surface area contributed by atoms with Gasteiger partial charge in [0, 0.05) is 30.0 Å². The van der Waals surface area contributed by atoms with Crippen molar-refractivity contribution in [2.45, 2.75) is 43.8 Å². The van der Waals surface area contributed by atoms with Crippen LogP contribution in [-0.2, 0) is 12.1 Å². The van der Waals surface area contributed by atoms with Gasteiger partial charge in [0.05, 0.1) is 5.54 Å². The van der Waals surface area contributed by atoms with E-state index in [1.165, 1.54) is 24.0 Å². The molecule has 2 N–H and O–H groups in total. The summed E-state index contributed by atoms with van der Waals surface area (Å²) in [7, 11) is 2.05. The molecule has 1 aliphatic rings. The van der Waals surface area contributed by atoms with Crippen LogP contribution < -0.4 is 10.6 Å². The summed E-state index contributed by atoms with van der Waals surface area (Å²) in [5.41, 5.74) is 2.36. The Bertz CT molecular complexity index is 632. The minimum atomic E-state index is -0.108. The van der Waals surface area contributed by atoms with E-state index in [2.05, 4.69) is 46.9 Å². The lowest BCUT2D eigenvalue weighted by Crippen LogP contribution is -2.57. The molecule has 0 radical (unpaired) electrons. The quantitative estimate of drug-likeness (QED) is 0.874. The van der Waals surface area contributed by atoms with Gasteiger partial charge in [-0.2, -0.15) is 0 Å². The van der Waals surface area contributed by atoms with Crippen LogP contribution in [0, 0.1) is 0 Å². The molecule has 0 unspecified atom stereocenters. The molecule has 1 aromatic heterocycles. The number of nitrogens with zero attached hydrogens (tertiary/aromatic N) is 1. The molecule has 122 valence electrons. The zero-order chi connectivity index (χ0) is 16.1. The van der Waals surface area contributed by atoms with Crippen LogP contribution in [0.1, 0.15) is 36.8 Å². The number of aromatic nitrogens is 1. The first-order chi connectivity index (χ1) is 11.3. The zero-order valence-corrected chi connectivity index (χ0v) is 14.3. The summed E-state index contributed by atoms with van der Waals surface area (Å²) in [6, 6.07) is 12.7. The highest BCUT2D eigenvalue weighted by molar-refractivity contribution is 6.31. The molecule has 1 aromatic carbocycles. The third-order valence-corrected chi connectivity index (χ3v) is 5.34. The first-order valence-electron chi connectivity index (χ1n) is 8.32. The third kappa shape index (κ3) is 3.42. The van der Waals surface area contributed by atoms with Crippen LogP contribution in [0.5, 0.6) is 0 Å². The van der Waals surface area contributed by atoms with Crippen molar-refractivity contribution in [3.8, 4) is 0 Å². The maximum Gasteiger partial charge on any atom is 0.0602 e. The average molecular weight is 330 g/mol. The second kappa shape index (κ2) is 7.43. The van der Waals surface area contributed by atoms with Gasteiger partial charge in [0.15, 0.2) is 0 Å². The first kappa shape index (κ1) is 16.4. The summed E-state index contributed by atoms with van der Waals surface area (Å²) in [6.45, 7) is 0.848. The van der Waals surface area contributed by atoms with Crippen molar-refractivity contribution in [2.24, 2.45) is 0 Å². The standard InChI is InChI=1S/C19H24ClN3/c1-21-19(16-6-2-3-7-17(16)20)11-5-4-8-18(19)23-14-15-9-12-22-13-10-15/h2-3,6-7,9-10,12-13,18,21,23H,4-5,8,11,14H2,1H3/t18-,19-/m1/s1. The number of hydrogen-bond acceptors (Lipinski definition) is 3. The topological polar surface area (TPSA) is 37.0 Å². The predicted molar refractivity (Wildman–Crippen MR) is 95.5 cm³/mol. The number of benzene rings is 1. The molecular formula is C19H24ClN3. The van der Waals surface area contributed by atoms with Crippen molar-refractivity contribution in [1.82, 2.24) is 15.6 Å². The maximum absolute atomic E-state index is 6.53. The summed E-state index contributed by atoms with van der Waals surface area (Å²) in [5, 5.41) is 8.20. The second-order valence-electron chi connectivity index (χ2n) is 6.24. The lowest BCUT2D eigenvalue weighted by molar-refractivity contribution is 0.177. The van der Waals surface area contributed by atoms with E-state index in [9.17, 15) is 0 Å². The van der Waals surface area contributed by atoms with Gasteiger partial charge in [-0.05, 0) is 49.2 Å². The summed E-state index contributed by atoms with van der Waals surface area (Å²) >= 11 is 6.53. The number of hydrogen-bond donors (Lipinski definition) is 2. The largest absolute Gasteiger partial charge is 0.309 e. The number of nitrogens with one attached hydrogen (secondary N) is 2. The van der Waals surface area contributed by atoms with Gasteiger partial charge in [0.1, 0.15) is 0 Å². The smallest absolute Gasteiger partial charge is 0.0602 e. The SMILES string of the molecule is CN[C@@]1(c2ccccc2Cl)CCCC[C@H]1NCc1ccncc1. The fourth-order valence-corrected chi connectivity index (χ4v) is 4.07. The van der Waals surface area contributed by atoms with Crippen LogP contribution >= 0.6 is 11.6 Å². The molecule has 2 aromatic rings. The van der Waals surface area contributed by atoms with Gasteiger partial charge >= 0.3 is 0 Å². The van der Waals surface area contributed by atoms with E-state index >= 15 is 0 Å². The Morgan fingerprint density at radius 3 is 2.70 bits per heavy atom. The summed E-state index contributed by atoms with van der Waals surface area (Å²) in [6.07, 6.45) is 8.41. The third-order valence-electron chi connectivity index (χ3n) is 5.01. The fourth-order valence-electron chi connectivity index (χ4n) is 3.77. The Hall–Kier alpha value is -1.42. The van der Waals surface area contributed by atoms with E-state index < -0.39 is 0 Å². The predicted octanol–water partition coefficient (Wildman–Crippen LogP) is 3.88. The minimum Gasteiger partial charge on any atom is -0.309 e. The van der Waals surface area contributed by atoms with Gasteiger partial charge in [0.25, 0.3) is 0 Å². The number of pyridine rings is 1. The summed E-state index contributed by atoms with van der Waals surface area (Å²) in [4.78, 5) is 4.09. The molecule has 1 aliphatic carbocycles. The lowest BCUT2D eigenvalue weighted by Gasteiger charge is -2.45. The highest BCUT2D eigenvalue weighted by Gasteiger charge is 2.41. The van der Waals surface area contributed by atoms with Crippen LogP contribution in [0.25, 0.3) is 0 Å². The molecule has 2 atom stereocenters. The van der Waals surface area contributed by atoms with Crippen LogP contribution in [0.4, 0.5) is 0 Å². The zero-order valence-electron chi connectivity index (χ0n) is 13.6. The fraction of sp³-hybridized carbons (Fsp3) is 0.421. The molecule has 0 aliphatic heterocycles. The van der Waals surface area contributed by atoms with Crippen molar-refractivity contribution in [3.63, 3.8) is 0 Å². The number of halogens is 1. The summed E-state index contributed by atoms with van der Waals surface area (Å²) in [5.74, 6) is 0. The lowest BCUT2D eigenvalue weighted by atomic mass is 9.72. The Labute approximate surface area is 143 Å². The van der Waals surface area contributed by atoms with Crippen molar-refractivity contribution in [2.75, 3.05) is 7.05 Å². The molecule has 0 saturated heterocycles. The van der Waals surface area contributed by atoms with E-state index in [4.69, 9.17) is 11.6 Å². The van der Waals surface area contributed by atoms with E-state index in [-0.39, 0.29) is 5.54 Å². The Kier molecular flexibility index (Phi) is 5.31. The normalized spacial score (nSPS) is 24.5. The van der Waals surface area contributed by atoms with Gasteiger partial charge in [-0.3, -0.25) is 4.98 Å². The van der Waals surface area contributed by atoms with E-state index in [0.29, 0.717) is 6.04 Å². The molecule has 1 saturated carbocycles. The Morgan fingerprint density at radius 2 is 1.96 bits per heavy atom. The van der Waals surface area contributed by atoms with E-state index in [1.807, 2.05) is 24.5 Å². The molecule has 23 heavy (non-hydrogen) atoms. The molecule has 1 heterocycles. The van der Waals surface area contributed by atoms with Gasteiger partial charge in [-0.25, -0.2) is 0 Å². The van der Waals surface area contributed by atoms with Crippen molar-refractivity contribution in [3.05, 3.63) is 64.9 Å². The van der Waals surface area contributed by atoms with Gasteiger partial charge in [-0.1, -0.05) is 42.6 Å². The molecule has 0 amide bonds. The van der Waals surface area contributed by atoms with Crippen LogP contribution in [0.15, 0.2) is 48.8 Å². The van der Waals surface area contributed by atoms with Gasteiger partial charge in [-0.15, -0.1) is 0 Å². The highest BCUT2D eigenvalue weighted by Crippen LogP contribution is 2.40. The highest BCUT2D eigenvalue weighted by atomic mass is 35.5. The Balaban J connectivity index is 1.85. The maximum atomic E-state index is 6.53. The Morgan fingerprint density at radius 1 is 1.17 bits per heavy atom. The van der Waals surface area contributed by atoms with E-state index in [0.717, 1.165) is 24.4 Å². The molecule has 3 nitrogen and oxygen atoms in total. The van der Waals surface area contributed by atoms with Gasteiger partial charge in [0.2, 0.25) is 0 Å². The monoisotopic (exact) mass is 329 g/mol. The molecule has 4 heteroatoms. The number of rotatable bonds is 5.